The Morgan fingerprint density at radius 3 is 2.90 bits per heavy atom. The van der Waals surface area contributed by atoms with Gasteiger partial charge in [0.25, 0.3) is 0 Å². The standard InChI is InChI=1S/C7H4N2O/c8-5-6-2-1-3-7(4-6)9-10/h1-4H. The monoisotopic (exact) mass is 132 g/mol. The molecule has 0 atom stereocenters. The van der Waals surface area contributed by atoms with E-state index in [0.717, 1.165) is 0 Å². The van der Waals surface area contributed by atoms with Crippen molar-refractivity contribution in [2.24, 2.45) is 5.18 Å². The summed E-state index contributed by atoms with van der Waals surface area (Å²) in [6, 6.07) is 8.13. The van der Waals surface area contributed by atoms with Crippen molar-refractivity contribution >= 4 is 5.69 Å². The number of rotatable bonds is 1. The molecule has 0 aliphatic heterocycles. The van der Waals surface area contributed by atoms with Crippen LogP contribution in [0.15, 0.2) is 29.4 Å². The summed E-state index contributed by atoms with van der Waals surface area (Å²) < 4.78 is 0. The lowest BCUT2D eigenvalue weighted by atomic mass is 10.2. The van der Waals surface area contributed by atoms with Gasteiger partial charge in [-0.3, -0.25) is 0 Å². The van der Waals surface area contributed by atoms with Crippen molar-refractivity contribution in [1.82, 2.24) is 0 Å². The van der Waals surface area contributed by atoms with E-state index in [4.69, 9.17) is 5.26 Å². The van der Waals surface area contributed by atoms with Gasteiger partial charge in [-0.25, -0.2) is 0 Å². The second kappa shape index (κ2) is 2.74. The van der Waals surface area contributed by atoms with Gasteiger partial charge in [0.1, 0.15) is 5.69 Å². The molecule has 0 bridgehead atoms. The van der Waals surface area contributed by atoms with Crippen LogP contribution in [-0.2, 0) is 0 Å². The zero-order valence-electron chi connectivity index (χ0n) is 5.11. The van der Waals surface area contributed by atoms with Gasteiger partial charge in [-0.1, -0.05) is 6.07 Å². The van der Waals surface area contributed by atoms with E-state index in [1.165, 1.54) is 6.07 Å². The molecule has 0 radical (unpaired) electrons. The van der Waals surface area contributed by atoms with Crippen molar-refractivity contribution < 1.29 is 0 Å². The van der Waals surface area contributed by atoms with Crippen LogP contribution in [0, 0.1) is 16.2 Å². The fourth-order valence-electron chi connectivity index (χ4n) is 0.632. The molecule has 1 aromatic rings. The van der Waals surface area contributed by atoms with Gasteiger partial charge < -0.3 is 0 Å². The molecule has 3 nitrogen and oxygen atoms in total. The lowest BCUT2D eigenvalue weighted by Crippen LogP contribution is -1.69. The second-order valence-electron chi connectivity index (χ2n) is 1.75. The van der Waals surface area contributed by atoms with Gasteiger partial charge in [0.05, 0.1) is 11.6 Å². The maximum Gasteiger partial charge on any atom is 0.109 e. The topological polar surface area (TPSA) is 53.2 Å². The van der Waals surface area contributed by atoms with Crippen LogP contribution in [0.2, 0.25) is 0 Å². The van der Waals surface area contributed by atoms with Gasteiger partial charge in [-0.05, 0) is 23.4 Å². The Bertz CT molecular complexity index is 288. The molecule has 0 saturated heterocycles. The second-order valence-corrected chi connectivity index (χ2v) is 1.75. The predicted molar refractivity (Wildman–Crippen MR) is 36.6 cm³/mol. The summed E-state index contributed by atoms with van der Waals surface area (Å²) in [6.07, 6.45) is 0. The highest BCUT2D eigenvalue weighted by atomic mass is 16.3. The molecule has 48 valence electrons. The van der Waals surface area contributed by atoms with Gasteiger partial charge in [0, 0.05) is 0 Å². The highest BCUT2D eigenvalue weighted by Crippen LogP contribution is 2.11. The zero-order chi connectivity index (χ0) is 7.40. The Kier molecular flexibility index (Phi) is 1.76. The minimum absolute atomic E-state index is 0.291. The number of benzene rings is 1. The molecule has 0 unspecified atom stereocenters. The van der Waals surface area contributed by atoms with Crippen LogP contribution in [0.25, 0.3) is 0 Å². The number of nitroso groups, excluding NO2 is 1. The van der Waals surface area contributed by atoms with Crippen LogP contribution in [0.4, 0.5) is 5.69 Å². The highest BCUT2D eigenvalue weighted by Gasteiger charge is 1.91. The van der Waals surface area contributed by atoms with Crippen molar-refractivity contribution in [3.8, 4) is 6.07 Å². The molecule has 0 heterocycles. The average molecular weight is 132 g/mol. The van der Waals surface area contributed by atoms with Crippen molar-refractivity contribution in [3.05, 3.63) is 34.7 Å². The fraction of sp³-hybridized carbons (Fsp3) is 0. The molecule has 10 heavy (non-hydrogen) atoms. The van der Waals surface area contributed by atoms with Gasteiger partial charge in [0.15, 0.2) is 0 Å². The summed E-state index contributed by atoms with van der Waals surface area (Å²) in [5, 5.41) is 11.0. The molecule has 0 aliphatic rings. The molecule has 3 heteroatoms. The Labute approximate surface area is 57.9 Å². The first kappa shape index (κ1) is 6.43. The predicted octanol–water partition coefficient (Wildman–Crippen LogP) is 1.96. The SMILES string of the molecule is N#Cc1cccc(N=O)c1. The summed E-state index contributed by atoms with van der Waals surface area (Å²) in [5.74, 6) is 0. The van der Waals surface area contributed by atoms with Gasteiger partial charge in [-0.2, -0.15) is 5.26 Å². The van der Waals surface area contributed by atoms with E-state index in [2.05, 4.69) is 5.18 Å². The van der Waals surface area contributed by atoms with Crippen LogP contribution in [0.3, 0.4) is 0 Å². The molecule has 0 aliphatic carbocycles. The molecule has 0 spiro atoms. The van der Waals surface area contributed by atoms with Crippen molar-refractivity contribution in [3.63, 3.8) is 0 Å². The van der Waals surface area contributed by atoms with Crippen molar-refractivity contribution in [1.29, 1.82) is 5.26 Å². The maximum atomic E-state index is 9.92. The third-order valence-corrected chi connectivity index (χ3v) is 1.08. The van der Waals surface area contributed by atoms with E-state index in [1.807, 2.05) is 6.07 Å². The lowest BCUT2D eigenvalue weighted by molar-refractivity contribution is 1.45. The minimum Gasteiger partial charge on any atom is -0.192 e. The molecule has 1 rings (SSSR count). The Hall–Kier alpha value is -1.69. The minimum atomic E-state index is 0.291. The largest absolute Gasteiger partial charge is 0.192 e. The van der Waals surface area contributed by atoms with E-state index in [-0.39, 0.29) is 0 Å². The third kappa shape index (κ3) is 1.17. The van der Waals surface area contributed by atoms with Crippen LogP contribution in [0.1, 0.15) is 5.56 Å². The number of hydrogen-bond donors (Lipinski definition) is 0. The van der Waals surface area contributed by atoms with E-state index in [1.54, 1.807) is 18.2 Å². The Morgan fingerprint density at radius 2 is 2.30 bits per heavy atom. The van der Waals surface area contributed by atoms with E-state index in [9.17, 15) is 4.91 Å². The first-order valence-corrected chi connectivity index (χ1v) is 2.70. The summed E-state index contributed by atoms with van der Waals surface area (Å²) in [4.78, 5) is 9.92. The van der Waals surface area contributed by atoms with Crippen LogP contribution >= 0.6 is 0 Å². The zero-order valence-corrected chi connectivity index (χ0v) is 5.11. The molecular formula is C7H4N2O. The first-order chi connectivity index (χ1) is 4.86. The number of hydrogen-bond acceptors (Lipinski definition) is 3. The maximum absolute atomic E-state index is 9.92. The van der Waals surface area contributed by atoms with Crippen LogP contribution < -0.4 is 0 Å². The van der Waals surface area contributed by atoms with Gasteiger partial charge in [0.2, 0.25) is 0 Å². The molecule has 0 N–H and O–H groups in total. The van der Waals surface area contributed by atoms with Crippen molar-refractivity contribution in [2.45, 2.75) is 0 Å². The molecule has 1 aromatic carbocycles. The summed E-state index contributed by atoms with van der Waals surface area (Å²) in [5.41, 5.74) is 0.746. The summed E-state index contributed by atoms with van der Waals surface area (Å²) in [6.45, 7) is 0. The van der Waals surface area contributed by atoms with Crippen LogP contribution in [-0.4, -0.2) is 0 Å². The van der Waals surface area contributed by atoms with E-state index >= 15 is 0 Å². The van der Waals surface area contributed by atoms with E-state index in [0.29, 0.717) is 11.3 Å². The van der Waals surface area contributed by atoms with E-state index < -0.39 is 0 Å². The molecule has 0 aromatic heterocycles. The Balaban J connectivity index is 3.13. The van der Waals surface area contributed by atoms with Gasteiger partial charge in [-0.15, -0.1) is 4.91 Å². The number of nitriles is 1. The summed E-state index contributed by atoms with van der Waals surface area (Å²) in [7, 11) is 0. The highest BCUT2D eigenvalue weighted by molar-refractivity contribution is 5.44. The molecular weight excluding hydrogens is 128 g/mol. The molecule has 0 saturated carbocycles. The fourth-order valence-corrected chi connectivity index (χ4v) is 0.632. The quantitative estimate of drug-likeness (QED) is 0.548. The average Bonchev–Trinajstić information content (AvgIpc) is 2.05. The lowest BCUT2D eigenvalue weighted by Gasteiger charge is -1.86. The third-order valence-electron chi connectivity index (χ3n) is 1.08. The van der Waals surface area contributed by atoms with Crippen molar-refractivity contribution in [2.75, 3.05) is 0 Å². The van der Waals surface area contributed by atoms with Crippen LogP contribution in [0.5, 0.6) is 0 Å². The number of nitrogens with zero attached hydrogens (tertiary/aromatic N) is 2. The van der Waals surface area contributed by atoms with Gasteiger partial charge >= 0.3 is 0 Å². The normalized spacial score (nSPS) is 8.30. The Morgan fingerprint density at radius 1 is 1.50 bits per heavy atom. The molecule has 0 amide bonds. The summed E-state index contributed by atoms with van der Waals surface area (Å²) >= 11 is 0. The molecule has 0 fully saturated rings. The first-order valence-electron chi connectivity index (χ1n) is 2.70. The smallest absolute Gasteiger partial charge is 0.109 e.